The van der Waals surface area contributed by atoms with E-state index < -0.39 is 0 Å². The molecular formula is C21H27N3O. The van der Waals surface area contributed by atoms with Gasteiger partial charge in [0.1, 0.15) is 11.6 Å². The molecule has 0 amide bonds. The Bertz CT molecular complexity index is 698. The number of benzene rings is 1. The van der Waals surface area contributed by atoms with Gasteiger partial charge < -0.3 is 10.1 Å². The van der Waals surface area contributed by atoms with Gasteiger partial charge in [0.25, 0.3) is 0 Å². The van der Waals surface area contributed by atoms with Crippen molar-refractivity contribution in [2.24, 2.45) is 11.8 Å². The van der Waals surface area contributed by atoms with Crippen LogP contribution in [0, 0.1) is 11.8 Å². The number of fused-ring (bicyclic) bond motifs is 1. The molecule has 1 heterocycles. The van der Waals surface area contributed by atoms with Crippen LogP contribution in [-0.4, -0.2) is 23.1 Å². The molecule has 2 aliphatic carbocycles. The first kappa shape index (κ1) is 16.5. The molecule has 132 valence electrons. The molecule has 0 aliphatic heterocycles. The molecule has 0 bridgehead atoms. The van der Waals surface area contributed by atoms with Crippen LogP contribution in [0.25, 0.3) is 0 Å². The van der Waals surface area contributed by atoms with Crippen molar-refractivity contribution in [1.29, 1.82) is 0 Å². The van der Waals surface area contributed by atoms with E-state index in [0.717, 1.165) is 36.4 Å². The van der Waals surface area contributed by atoms with Crippen LogP contribution in [-0.2, 0) is 13.0 Å². The minimum atomic E-state index is 0.562. The Hall–Kier alpha value is -1.94. The van der Waals surface area contributed by atoms with Crippen molar-refractivity contribution >= 4 is 0 Å². The molecule has 1 aromatic carbocycles. The van der Waals surface area contributed by atoms with Gasteiger partial charge in [-0.3, -0.25) is 0 Å². The van der Waals surface area contributed by atoms with Crippen molar-refractivity contribution in [2.75, 3.05) is 7.11 Å². The Morgan fingerprint density at radius 1 is 1.08 bits per heavy atom. The first-order valence-electron chi connectivity index (χ1n) is 9.47. The fraction of sp³-hybridized carbons (Fsp3) is 0.524. The standard InChI is InChI=1S/C21H27N3O/c1-3-19-22-11-14(12-23-19)13-24-21-18-6-4-5-17(18)20(21)15-7-9-16(25-2)10-8-15/h7-12,17-18,20-21,24H,3-6,13H2,1-2H3/t17-,18+,20+,21+/m0/s1. The number of methoxy groups -OCH3 is 1. The van der Waals surface area contributed by atoms with E-state index in [4.69, 9.17) is 4.74 Å². The third-order valence-electron chi connectivity index (χ3n) is 6.05. The minimum absolute atomic E-state index is 0.562. The van der Waals surface area contributed by atoms with Gasteiger partial charge in [-0.1, -0.05) is 25.5 Å². The number of ether oxygens (including phenoxy) is 1. The Kier molecular flexibility index (Phi) is 4.71. The smallest absolute Gasteiger partial charge is 0.127 e. The van der Waals surface area contributed by atoms with Gasteiger partial charge in [-0.05, 0) is 42.4 Å². The van der Waals surface area contributed by atoms with Crippen molar-refractivity contribution in [3.63, 3.8) is 0 Å². The fourth-order valence-corrected chi connectivity index (χ4v) is 4.75. The lowest BCUT2D eigenvalue weighted by Gasteiger charge is -2.50. The van der Waals surface area contributed by atoms with Crippen molar-refractivity contribution < 1.29 is 4.74 Å². The van der Waals surface area contributed by atoms with Crippen molar-refractivity contribution in [2.45, 2.75) is 51.1 Å². The average Bonchev–Trinajstić information content (AvgIpc) is 3.07. The van der Waals surface area contributed by atoms with Gasteiger partial charge in [0.2, 0.25) is 0 Å². The number of aromatic nitrogens is 2. The van der Waals surface area contributed by atoms with E-state index in [1.54, 1.807) is 7.11 Å². The second-order valence-electron chi connectivity index (χ2n) is 7.33. The molecule has 1 aromatic heterocycles. The maximum absolute atomic E-state index is 5.31. The molecule has 0 unspecified atom stereocenters. The zero-order valence-corrected chi connectivity index (χ0v) is 15.1. The highest BCUT2D eigenvalue weighted by Gasteiger charge is 2.52. The van der Waals surface area contributed by atoms with Gasteiger partial charge in [0.15, 0.2) is 0 Å². The van der Waals surface area contributed by atoms with Crippen LogP contribution < -0.4 is 10.1 Å². The summed E-state index contributed by atoms with van der Waals surface area (Å²) >= 11 is 0. The van der Waals surface area contributed by atoms with Gasteiger partial charge in [0.05, 0.1) is 7.11 Å². The summed E-state index contributed by atoms with van der Waals surface area (Å²) < 4.78 is 5.31. The normalized spacial score (nSPS) is 27.6. The highest BCUT2D eigenvalue weighted by Crippen LogP contribution is 2.56. The summed E-state index contributed by atoms with van der Waals surface area (Å²) in [5.74, 6) is 4.13. The van der Waals surface area contributed by atoms with Crippen LogP contribution in [0.2, 0.25) is 0 Å². The van der Waals surface area contributed by atoms with Crippen LogP contribution in [0.4, 0.5) is 0 Å². The molecule has 1 N–H and O–H groups in total. The largest absolute Gasteiger partial charge is 0.497 e. The average molecular weight is 337 g/mol. The van der Waals surface area contributed by atoms with Crippen molar-refractivity contribution in [1.82, 2.24) is 15.3 Å². The molecule has 2 fully saturated rings. The van der Waals surface area contributed by atoms with Crippen molar-refractivity contribution in [3.05, 3.63) is 53.6 Å². The van der Waals surface area contributed by atoms with Crippen LogP contribution in [0.3, 0.4) is 0 Å². The van der Waals surface area contributed by atoms with E-state index in [2.05, 4.69) is 46.5 Å². The Labute approximate surface area is 150 Å². The number of aryl methyl sites for hydroxylation is 1. The predicted molar refractivity (Wildman–Crippen MR) is 98.6 cm³/mol. The molecule has 25 heavy (non-hydrogen) atoms. The number of nitrogens with one attached hydrogen (secondary N) is 1. The molecule has 4 atom stereocenters. The van der Waals surface area contributed by atoms with E-state index in [9.17, 15) is 0 Å². The van der Waals surface area contributed by atoms with E-state index in [1.165, 1.54) is 30.4 Å². The number of hydrogen-bond acceptors (Lipinski definition) is 4. The second-order valence-corrected chi connectivity index (χ2v) is 7.33. The van der Waals surface area contributed by atoms with Crippen LogP contribution in [0.1, 0.15) is 49.1 Å². The minimum Gasteiger partial charge on any atom is -0.497 e. The lowest BCUT2D eigenvalue weighted by Crippen LogP contribution is -2.54. The molecule has 2 saturated carbocycles. The summed E-state index contributed by atoms with van der Waals surface area (Å²) in [5, 5.41) is 3.81. The van der Waals surface area contributed by atoms with Crippen molar-refractivity contribution in [3.8, 4) is 5.75 Å². The molecule has 0 saturated heterocycles. The first-order chi connectivity index (χ1) is 12.3. The first-order valence-corrected chi connectivity index (χ1v) is 9.47. The monoisotopic (exact) mass is 337 g/mol. The zero-order chi connectivity index (χ0) is 17.2. The van der Waals surface area contributed by atoms with E-state index in [1.807, 2.05) is 12.4 Å². The highest BCUT2D eigenvalue weighted by molar-refractivity contribution is 5.34. The number of rotatable bonds is 6. The van der Waals surface area contributed by atoms with E-state index in [-0.39, 0.29) is 0 Å². The number of hydrogen-bond donors (Lipinski definition) is 1. The lowest BCUT2D eigenvalue weighted by atomic mass is 9.60. The summed E-state index contributed by atoms with van der Waals surface area (Å²) in [6.45, 7) is 2.94. The molecule has 2 aromatic rings. The Morgan fingerprint density at radius 2 is 1.80 bits per heavy atom. The fourth-order valence-electron chi connectivity index (χ4n) is 4.75. The topological polar surface area (TPSA) is 47.0 Å². The Balaban J connectivity index is 1.46. The highest BCUT2D eigenvalue weighted by atomic mass is 16.5. The van der Waals surface area contributed by atoms with Gasteiger partial charge in [-0.2, -0.15) is 0 Å². The summed E-state index contributed by atoms with van der Waals surface area (Å²) in [6.07, 6.45) is 8.92. The zero-order valence-electron chi connectivity index (χ0n) is 15.1. The second kappa shape index (κ2) is 7.12. The third-order valence-corrected chi connectivity index (χ3v) is 6.05. The Morgan fingerprint density at radius 3 is 2.48 bits per heavy atom. The SMILES string of the molecule is CCc1ncc(CN[C@@H]2[C@@H]3CCC[C@@H]3[C@H]2c2ccc(OC)cc2)cn1. The molecular weight excluding hydrogens is 310 g/mol. The van der Waals surface area contributed by atoms with E-state index >= 15 is 0 Å². The van der Waals surface area contributed by atoms with Gasteiger partial charge in [-0.25, -0.2) is 9.97 Å². The molecule has 4 nitrogen and oxygen atoms in total. The van der Waals surface area contributed by atoms with Gasteiger partial charge in [-0.15, -0.1) is 0 Å². The molecule has 4 heteroatoms. The van der Waals surface area contributed by atoms with Crippen LogP contribution >= 0.6 is 0 Å². The quantitative estimate of drug-likeness (QED) is 0.873. The molecule has 0 spiro atoms. The van der Waals surface area contributed by atoms with Gasteiger partial charge in [0, 0.05) is 42.9 Å². The third kappa shape index (κ3) is 3.15. The van der Waals surface area contributed by atoms with E-state index in [0.29, 0.717) is 12.0 Å². The molecule has 2 aliphatic rings. The lowest BCUT2D eigenvalue weighted by molar-refractivity contribution is 0.0940. The summed E-state index contributed by atoms with van der Waals surface area (Å²) in [7, 11) is 1.72. The maximum Gasteiger partial charge on any atom is 0.127 e. The van der Waals surface area contributed by atoms with Gasteiger partial charge >= 0.3 is 0 Å². The molecule has 0 radical (unpaired) electrons. The number of nitrogens with zero attached hydrogens (tertiary/aromatic N) is 2. The summed E-state index contributed by atoms with van der Waals surface area (Å²) in [6, 6.07) is 9.22. The molecule has 4 rings (SSSR count). The summed E-state index contributed by atoms with van der Waals surface area (Å²) in [4.78, 5) is 8.83. The van der Waals surface area contributed by atoms with Crippen LogP contribution in [0.15, 0.2) is 36.7 Å². The summed E-state index contributed by atoms with van der Waals surface area (Å²) in [5.41, 5.74) is 2.62. The maximum atomic E-state index is 5.31. The van der Waals surface area contributed by atoms with Crippen LogP contribution in [0.5, 0.6) is 5.75 Å². The predicted octanol–water partition coefficient (Wildman–Crippen LogP) is 3.72.